The average molecular weight is 416 g/mol. The van der Waals surface area contributed by atoms with Crippen LogP contribution < -0.4 is 9.64 Å². The predicted octanol–water partition coefficient (Wildman–Crippen LogP) is 3.33. The normalized spacial score (nSPS) is 24.5. The van der Waals surface area contributed by atoms with Gasteiger partial charge >= 0.3 is 0 Å². The molecule has 6 nitrogen and oxygen atoms in total. The zero-order chi connectivity index (χ0) is 20.8. The number of piperazine rings is 1. The lowest BCUT2D eigenvalue weighted by Gasteiger charge is -2.37. The van der Waals surface area contributed by atoms with E-state index in [1.807, 2.05) is 12.3 Å². The summed E-state index contributed by atoms with van der Waals surface area (Å²) >= 11 is 0. The Morgan fingerprint density at radius 2 is 1.93 bits per heavy atom. The van der Waals surface area contributed by atoms with Gasteiger partial charge in [0.05, 0.1) is 13.2 Å². The molecule has 166 valence electrons. The zero-order valence-electron chi connectivity index (χ0n) is 18.5. The molecular weight excluding hydrogens is 378 g/mol. The van der Waals surface area contributed by atoms with E-state index in [1.54, 1.807) is 7.11 Å². The third-order valence-corrected chi connectivity index (χ3v) is 7.19. The molecule has 0 radical (unpaired) electrons. The summed E-state index contributed by atoms with van der Waals surface area (Å²) in [5.41, 5.74) is 1.29. The highest BCUT2D eigenvalue weighted by Gasteiger charge is 2.26. The van der Waals surface area contributed by atoms with Crippen molar-refractivity contribution in [3.05, 3.63) is 17.8 Å². The molecule has 30 heavy (non-hydrogen) atoms. The Morgan fingerprint density at radius 3 is 2.70 bits per heavy atom. The van der Waals surface area contributed by atoms with Gasteiger partial charge in [-0.3, -0.25) is 9.69 Å². The maximum atomic E-state index is 12.0. The number of nitrogens with zero attached hydrogens (tertiary/aromatic N) is 3. The minimum absolute atomic E-state index is 0.378. The Hall–Kier alpha value is -1.66. The molecule has 1 saturated carbocycles. The number of ether oxygens (including phenoxy) is 2. The van der Waals surface area contributed by atoms with Crippen molar-refractivity contribution in [2.75, 3.05) is 57.9 Å². The molecule has 6 heteroatoms. The fraction of sp³-hybridized carbons (Fsp3) is 0.750. The molecule has 0 unspecified atom stereocenters. The van der Waals surface area contributed by atoms with Crippen LogP contribution in [0.15, 0.2) is 12.3 Å². The fourth-order valence-electron chi connectivity index (χ4n) is 5.28. The number of pyridine rings is 1. The molecule has 0 aromatic carbocycles. The second-order valence-electron chi connectivity index (χ2n) is 9.20. The second kappa shape index (κ2) is 10.6. The van der Waals surface area contributed by atoms with Gasteiger partial charge in [0.2, 0.25) is 0 Å². The lowest BCUT2D eigenvalue weighted by Crippen LogP contribution is -2.47. The number of rotatable bonds is 9. The minimum atomic E-state index is 0.378. The maximum Gasteiger partial charge on any atom is 0.135 e. The summed E-state index contributed by atoms with van der Waals surface area (Å²) in [6.07, 6.45) is 10.6. The van der Waals surface area contributed by atoms with E-state index in [-0.39, 0.29) is 0 Å². The minimum Gasteiger partial charge on any atom is -0.493 e. The number of carbonyl (C=O) groups excluding carboxylic acids is 1. The van der Waals surface area contributed by atoms with Crippen LogP contribution in [0.5, 0.6) is 5.75 Å². The van der Waals surface area contributed by atoms with E-state index in [9.17, 15) is 4.79 Å². The Kier molecular flexibility index (Phi) is 7.61. The SMILES string of the molecule is COCCC(=O)CC1CCC(CCN2CCN(c3nccc4c3CCO4)CC2)CC1. The topological polar surface area (TPSA) is 54.9 Å². The van der Waals surface area contributed by atoms with Gasteiger partial charge in [0.15, 0.2) is 0 Å². The lowest BCUT2D eigenvalue weighted by molar-refractivity contribution is -0.121. The van der Waals surface area contributed by atoms with Crippen LogP contribution in [0, 0.1) is 11.8 Å². The van der Waals surface area contributed by atoms with Crippen molar-refractivity contribution in [1.82, 2.24) is 9.88 Å². The highest BCUT2D eigenvalue weighted by molar-refractivity contribution is 5.78. The van der Waals surface area contributed by atoms with Crippen molar-refractivity contribution in [2.45, 2.75) is 51.4 Å². The van der Waals surface area contributed by atoms with Crippen molar-refractivity contribution in [1.29, 1.82) is 0 Å². The fourth-order valence-corrected chi connectivity index (χ4v) is 5.28. The third kappa shape index (κ3) is 5.52. The van der Waals surface area contributed by atoms with Crippen molar-refractivity contribution >= 4 is 11.6 Å². The molecule has 0 N–H and O–H groups in total. The number of carbonyl (C=O) groups is 1. The van der Waals surface area contributed by atoms with E-state index in [4.69, 9.17) is 9.47 Å². The summed E-state index contributed by atoms with van der Waals surface area (Å²) in [7, 11) is 1.66. The van der Waals surface area contributed by atoms with Gasteiger partial charge in [-0.15, -0.1) is 0 Å². The largest absolute Gasteiger partial charge is 0.493 e. The molecule has 4 rings (SSSR count). The first kappa shape index (κ1) is 21.6. The number of hydrogen-bond acceptors (Lipinski definition) is 6. The number of aromatic nitrogens is 1. The summed E-state index contributed by atoms with van der Waals surface area (Å²) in [6, 6.07) is 1.99. The number of methoxy groups -OCH3 is 1. The molecule has 2 fully saturated rings. The number of Topliss-reactive ketones (excluding diaryl/α,β-unsaturated/α-hetero) is 1. The van der Waals surface area contributed by atoms with E-state index in [1.165, 1.54) is 44.2 Å². The number of anilines is 1. The molecule has 1 saturated heterocycles. The van der Waals surface area contributed by atoms with E-state index < -0.39 is 0 Å². The van der Waals surface area contributed by atoms with Crippen molar-refractivity contribution < 1.29 is 14.3 Å². The highest BCUT2D eigenvalue weighted by Crippen LogP contribution is 2.34. The molecule has 3 heterocycles. The van der Waals surface area contributed by atoms with Gasteiger partial charge < -0.3 is 14.4 Å². The Labute approximate surface area is 180 Å². The molecular formula is C24H37N3O3. The summed E-state index contributed by atoms with van der Waals surface area (Å²) < 4.78 is 10.7. The lowest BCUT2D eigenvalue weighted by atomic mass is 9.78. The van der Waals surface area contributed by atoms with Gasteiger partial charge in [-0.2, -0.15) is 0 Å². The van der Waals surface area contributed by atoms with Crippen molar-refractivity contribution in [3.63, 3.8) is 0 Å². The monoisotopic (exact) mass is 415 g/mol. The Bertz CT molecular complexity index is 695. The Morgan fingerprint density at radius 1 is 1.17 bits per heavy atom. The molecule has 1 aromatic heterocycles. The van der Waals surface area contributed by atoms with Gasteiger partial charge in [0, 0.05) is 64.3 Å². The molecule has 0 atom stereocenters. The zero-order valence-corrected chi connectivity index (χ0v) is 18.5. The van der Waals surface area contributed by atoms with Gasteiger partial charge in [-0.05, 0) is 43.7 Å². The summed E-state index contributed by atoms with van der Waals surface area (Å²) in [6.45, 7) is 6.92. The molecule has 0 bridgehead atoms. The van der Waals surface area contributed by atoms with Crippen LogP contribution >= 0.6 is 0 Å². The van der Waals surface area contributed by atoms with E-state index in [2.05, 4.69) is 14.8 Å². The predicted molar refractivity (Wildman–Crippen MR) is 118 cm³/mol. The molecule has 1 aromatic rings. The smallest absolute Gasteiger partial charge is 0.135 e. The maximum absolute atomic E-state index is 12.0. The van der Waals surface area contributed by atoms with Crippen LogP contribution in [0.2, 0.25) is 0 Å². The van der Waals surface area contributed by atoms with Crippen LogP contribution in [0.3, 0.4) is 0 Å². The summed E-state index contributed by atoms with van der Waals surface area (Å²) in [5, 5.41) is 0. The van der Waals surface area contributed by atoms with Gasteiger partial charge in [0.1, 0.15) is 17.4 Å². The molecule has 2 aliphatic heterocycles. The third-order valence-electron chi connectivity index (χ3n) is 7.19. The highest BCUT2D eigenvalue weighted by atomic mass is 16.5. The number of ketones is 1. The van der Waals surface area contributed by atoms with Crippen LogP contribution in [0.25, 0.3) is 0 Å². The van der Waals surface area contributed by atoms with Crippen LogP contribution in [0.4, 0.5) is 5.82 Å². The Balaban J connectivity index is 1.14. The summed E-state index contributed by atoms with van der Waals surface area (Å²) in [4.78, 5) is 21.7. The van der Waals surface area contributed by atoms with Crippen LogP contribution in [0.1, 0.15) is 50.5 Å². The quantitative estimate of drug-likeness (QED) is 0.617. The summed E-state index contributed by atoms with van der Waals surface area (Å²) in [5.74, 6) is 3.99. The first-order valence-electron chi connectivity index (χ1n) is 11.8. The van der Waals surface area contributed by atoms with Crippen LogP contribution in [-0.4, -0.2) is 68.7 Å². The van der Waals surface area contributed by atoms with E-state index in [0.29, 0.717) is 24.7 Å². The van der Waals surface area contributed by atoms with Gasteiger partial charge in [-0.1, -0.05) is 12.8 Å². The van der Waals surface area contributed by atoms with Crippen molar-refractivity contribution in [3.8, 4) is 5.75 Å². The molecule has 0 amide bonds. The number of fused-ring (bicyclic) bond motifs is 1. The molecule has 3 aliphatic rings. The van der Waals surface area contributed by atoms with E-state index >= 15 is 0 Å². The molecule has 0 spiro atoms. The van der Waals surface area contributed by atoms with Crippen LogP contribution in [-0.2, 0) is 16.0 Å². The van der Waals surface area contributed by atoms with Gasteiger partial charge in [-0.25, -0.2) is 4.98 Å². The molecule has 1 aliphatic carbocycles. The van der Waals surface area contributed by atoms with Gasteiger partial charge in [0.25, 0.3) is 0 Å². The second-order valence-corrected chi connectivity index (χ2v) is 9.20. The van der Waals surface area contributed by atoms with Crippen molar-refractivity contribution in [2.24, 2.45) is 11.8 Å². The first-order valence-corrected chi connectivity index (χ1v) is 11.8. The average Bonchev–Trinajstić information content (AvgIpc) is 3.27. The number of hydrogen-bond donors (Lipinski definition) is 0. The van der Waals surface area contributed by atoms with E-state index in [0.717, 1.165) is 63.1 Å². The standard InChI is InChI=1S/C24H37N3O3/c1-29-16-8-21(28)18-20-4-2-19(3-5-20)7-11-26-12-14-27(15-13-26)24-22-9-17-30-23(22)6-10-25-24/h6,10,19-20H,2-5,7-9,11-18H2,1H3. The first-order chi connectivity index (χ1) is 14.7.